The molecule has 0 spiro atoms. The Balaban J connectivity index is 2.23. The van der Waals surface area contributed by atoms with E-state index in [4.69, 9.17) is 0 Å². The highest BCUT2D eigenvalue weighted by molar-refractivity contribution is 5.16. The first-order chi connectivity index (χ1) is 5.68. The molecule has 0 aliphatic heterocycles. The van der Waals surface area contributed by atoms with E-state index in [9.17, 15) is 10.2 Å². The van der Waals surface area contributed by atoms with E-state index < -0.39 is 11.2 Å². The van der Waals surface area contributed by atoms with Crippen molar-refractivity contribution in [3.63, 3.8) is 0 Å². The normalized spacial score (nSPS) is 58.6. The molecule has 0 aromatic heterocycles. The SMILES string of the molecule is CC1(C)[C@@H]2C[C@](C)(O)[C@](C)(O)C[C@@H]21. The van der Waals surface area contributed by atoms with Gasteiger partial charge in [0.15, 0.2) is 0 Å². The quantitative estimate of drug-likeness (QED) is 0.599. The van der Waals surface area contributed by atoms with Gasteiger partial charge in [-0.25, -0.2) is 0 Å². The average molecular weight is 184 g/mol. The molecular weight excluding hydrogens is 164 g/mol. The summed E-state index contributed by atoms with van der Waals surface area (Å²) in [7, 11) is 0. The second-order valence-corrected chi connectivity index (χ2v) is 5.99. The third-order valence-electron chi connectivity index (χ3n) is 4.68. The highest BCUT2D eigenvalue weighted by atomic mass is 16.4. The van der Waals surface area contributed by atoms with Crippen molar-refractivity contribution in [2.24, 2.45) is 17.3 Å². The van der Waals surface area contributed by atoms with Crippen LogP contribution in [0, 0.1) is 17.3 Å². The van der Waals surface area contributed by atoms with Gasteiger partial charge >= 0.3 is 0 Å². The molecule has 2 rings (SSSR count). The average Bonchev–Trinajstić information content (AvgIpc) is 2.36. The predicted octanol–water partition coefficient (Wildman–Crippen LogP) is 1.55. The molecule has 0 aromatic rings. The van der Waals surface area contributed by atoms with Crippen molar-refractivity contribution >= 4 is 0 Å². The Kier molecular flexibility index (Phi) is 1.54. The molecule has 2 aliphatic carbocycles. The van der Waals surface area contributed by atoms with E-state index in [2.05, 4.69) is 13.8 Å². The molecular formula is C11H20O2. The van der Waals surface area contributed by atoms with Crippen molar-refractivity contribution in [2.75, 3.05) is 0 Å². The zero-order valence-electron chi connectivity index (χ0n) is 8.96. The maximum absolute atomic E-state index is 10.1. The van der Waals surface area contributed by atoms with Crippen LogP contribution < -0.4 is 0 Å². The van der Waals surface area contributed by atoms with Crippen molar-refractivity contribution in [1.29, 1.82) is 0 Å². The predicted molar refractivity (Wildman–Crippen MR) is 51.2 cm³/mol. The highest BCUT2D eigenvalue weighted by Gasteiger charge is 2.66. The zero-order valence-corrected chi connectivity index (χ0v) is 8.96. The highest BCUT2D eigenvalue weighted by Crippen LogP contribution is 2.68. The Labute approximate surface area is 80.0 Å². The minimum Gasteiger partial charge on any atom is -0.387 e. The molecule has 2 heteroatoms. The monoisotopic (exact) mass is 184 g/mol. The maximum atomic E-state index is 10.1. The first kappa shape index (κ1) is 9.47. The van der Waals surface area contributed by atoms with Gasteiger partial charge in [0.2, 0.25) is 0 Å². The van der Waals surface area contributed by atoms with Crippen LogP contribution >= 0.6 is 0 Å². The first-order valence-electron chi connectivity index (χ1n) is 5.13. The number of rotatable bonds is 0. The lowest BCUT2D eigenvalue weighted by Crippen LogP contribution is -2.52. The minimum atomic E-state index is -0.901. The van der Waals surface area contributed by atoms with E-state index in [1.54, 1.807) is 13.8 Å². The fourth-order valence-electron chi connectivity index (χ4n) is 2.96. The maximum Gasteiger partial charge on any atom is 0.0905 e. The molecule has 13 heavy (non-hydrogen) atoms. The van der Waals surface area contributed by atoms with Gasteiger partial charge < -0.3 is 10.2 Å². The van der Waals surface area contributed by atoms with Crippen LogP contribution in [0.25, 0.3) is 0 Å². The van der Waals surface area contributed by atoms with Crippen LogP contribution in [0.1, 0.15) is 40.5 Å². The zero-order chi connectivity index (χ0) is 10.1. The molecule has 0 heterocycles. The summed E-state index contributed by atoms with van der Waals surface area (Å²) in [5.74, 6) is 1.23. The molecule has 2 nitrogen and oxygen atoms in total. The lowest BCUT2D eigenvalue weighted by atomic mass is 9.74. The molecule has 0 amide bonds. The topological polar surface area (TPSA) is 40.5 Å². The summed E-state index contributed by atoms with van der Waals surface area (Å²) in [6, 6.07) is 0. The summed E-state index contributed by atoms with van der Waals surface area (Å²) < 4.78 is 0. The summed E-state index contributed by atoms with van der Waals surface area (Å²) in [4.78, 5) is 0. The van der Waals surface area contributed by atoms with E-state index in [1.807, 2.05) is 0 Å². The fourth-order valence-corrected chi connectivity index (χ4v) is 2.96. The van der Waals surface area contributed by atoms with Gasteiger partial charge in [0, 0.05) is 0 Å². The molecule has 2 N–H and O–H groups in total. The van der Waals surface area contributed by atoms with Gasteiger partial charge in [-0.05, 0) is 43.9 Å². The third-order valence-corrected chi connectivity index (χ3v) is 4.68. The Morgan fingerprint density at radius 1 is 0.846 bits per heavy atom. The van der Waals surface area contributed by atoms with Crippen LogP contribution in [0.15, 0.2) is 0 Å². The van der Waals surface area contributed by atoms with Crippen molar-refractivity contribution in [2.45, 2.75) is 51.7 Å². The molecule has 0 radical (unpaired) electrons. The van der Waals surface area contributed by atoms with Crippen molar-refractivity contribution in [3.8, 4) is 0 Å². The lowest BCUT2D eigenvalue weighted by Gasteiger charge is -2.42. The van der Waals surface area contributed by atoms with Gasteiger partial charge in [-0.3, -0.25) is 0 Å². The van der Waals surface area contributed by atoms with Crippen LogP contribution in [0.2, 0.25) is 0 Å². The van der Waals surface area contributed by atoms with E-state index in [0.717, 1.165) is 12.8 Å². The second kappa shape index (κ2) is 2.12. The van der Waals surface area contributed by atoms with Gasteiger partial charge in [-0.1, -0.05) is 13.8 Å². The molecule has 2 fully saturated rings. The van der Waals surface area contributed by atoms with Gasteiger partial charge in [-0.15, -0.1) is 0 Å². The Morgan fingerprint density at radius 3 is 1.46 bits per heavy atom. The van der Waals surface area contributed by atoms with Crippen LogP contribution in [0.4, 0.5) is 0 Å². The number of hydrogen-bond acceptors (Lipinski definition) is 2. The summed E-state index contributed by atoms with van der Waals surface area (Å²) in [5, 5.41) is 20.2. The first-order valence-corrected chi connectivity index (χ1v) is 5.13. The van der Waals surface area contributed by atoms with Gasteiger partial charge in [0.05, 0.1) is 11.2 Å². The standard InChI is InChI=1S/C11H20O2/c1-9(2)7-5-10(3,12)11(4,13)6-8(7)9/h7-8,12-13H,5-6H2,1-4H3/t7-,8+,10+,11-. The van der Waals surface area contributed by atoms with E-state index in [-0.39, 0.29) is 0 Å². The minimum absolute atomic E-state index is 0.338. The van der Waals surface area contributed by atoms with Crippen molar-refractivity contribution < 1.29 is 10.2 Å². The van der Waals surface area contributed by atoms with Gasteiger partial charge in [0.1, 0.15) is 0 Å². The Bertz CT molecular complexity index is 216. The molecule has 2 saturated carbocycles. The summed E-state index contributed by atoms with van der Waals surface area (Å²) >= 11 is 0. The molecule has 76 valence electrons. The molecule has 0 bridgehead atoms. The summed E-state index contributed by atoms with van der Waals surface area (Å²) in [5.41, 5.74) is -1.46. The molecule has 0 saturated heterocycles. The van der Waals surface area contributed by atoms with Crippen LogP contribution in [0.3, 0.4) is 0 Å². The van der Waals surface area contributed by atoms with Crippen molar-refractivity contribution in [3.05, 3.63) is 0 Å². The summed E-state index contributed by atoms with van der Waals surface area (Å²) in [6.07, 6.45) is 1.50. The molecule has 4 atom stereocenters. The van der Waals surface area contributed by atoms with Crippen LogP contribution in [0.5, 0.6) is 0 Å². The molecule has 0 aromatic carbocycles. The fraction of sp³-hybridized carbons (Fsp3) is 1.00. The van der Waals surface area contributed by atoms with Gasteiger partial charge in [0.25, 0.3) is 0 Å². The summed E-state index contributed by atoms with van der Waals surface area (Å²) in [6.45, 7) is 7.99. The largest absolute Gasteiger partial charge is 0.387 e. The Hall–Kier alpha value is -0.0800. The number of fused-ring (bicyclic) bond motifs is 1. The van der Waals surface area contributed by atoms with Crippen LogP contribution in [-0.4, -0.2) is 21.4 Å². The van der Waals surface area contributed by atoms with Crippen molar-refractivity contribution in [1.82, 2.24) is 0 Å². The van der Waals surface area contributed by atoms with E-state index >= 15 is 0 Å². The Morgan fingerprint density at radius 2 is 1.15 bits per heavy atom. The third kappa shape index (κ3) is 1.08. The number of hydrogen-bond donors (Lipinski definition) is 2. The van der Waals surface area contributed by atoms with E-state index in [0.29, 0.717) is 17.3 Å². The van der Waals surface area contributed by atoms with E-state index in [1.165, 1.54) is 0 Å². The van der Waals surface area contributed by atoms with Gasteiger partial charge in [-0.2, -0.15) is 0 Å². The smallest absolute Gasteiger partial charge is 0.0905 e. The van der Waals surface area contributed by atoms with Crippen LogP contribution in [-0.2, 0) is 0 Å². The molecule has 0 unspecified atom stereocenters. The molecule has 2 aliphatic rings. The lowest BCUT2D eigenvalue weighted by molar-refractivity contribution is -0.156. The number of aliphatic hydroxyl groups is 2. The second-order valence-electron chi connectivity index (χ2n) is 5.99.